The minimum atomic E-state index is -3.73. The van der Waals surface area contributed by atoms with E-state index in [9.17, 15) is 18.3 Å². The molecule has 1 aromatic heterocycles. The predicted octanol–water partition coefficient (Wildman–Crippen LogP) is 3.26. The third-order valence-corrected chi connectivity index (χ3v) is 8.24. The maximum atomic E-state index is 12.9. The van der Waals surface area contributed by atoms with Crippen LogP contribution >= 0.6 is 0 Å². The standard InChI is InChI=1S/C30H33N5O6S/c1-40-25-17-23-24(18-26(25)41-2)33-30(37)28(23)29(20-7-5-4-6-8-20)32-21-9-11-22(12-10-21)35(42(3,38)39)19-27(36)34-15-13-31-14-16-34/h4-12,17-18,31,33,37H,13-16,19H2,1-3H3. The molecular weight excluding hydrogens is 558 g/mol. The lowest BCUT2D eigenvalue weighted by molar-refractivity contribution is -0.130. The van der Waals surface area contributed by atoms with Crippen molar-refractivity contribution in [2.75, 3.05) is 57.5 Å². The molecule has 1 aliphatic heterocycles. The molecule has 0 radical (unpaired) electrons. The van der Waals surface area contributed by atoms with Gasteiger partial charge < -0.3 is 29.8 Å². The van der Waals surface area contributed by atoms with Crippen LogP contribution < -0.4 is 19.1 Å². The summed E-state index contributed by atoms with van der Waals surface area (Å²) in [5.74, 6) is 0.683. The van der Waals surface area contributed by atoms with Gasteiger partial charge in [0.1, 0.15) is 6.54 Å². The maximum absolute atomic E-state index is 12.9. The van der Waals surface area contributed by atoms with Crippen LogP contribution in [0.4, 0.5) is 11.4 Å². The van der Waals surface area contributed by atoms with E-state index < -0.39 is 10.0 Å². The van der Waals surface area contributed by atoms with Crippen LogP contribution in [0.2, 0.25) is 0 Å². The molecule has 1 amide bonds. The lowest BCUT2D eigenvalue weighted by Crippen LogP contribution is -2.50. The van der Waals surface area contributed by atoms with E-state index in [0.717, 1.165) is 16.1 Å². The molecule has 2 heterocycles. The summed E-state index contributed by atoms with van der Waals surface area (Å²) >= 11 is 0. The molecule has 0 aliphatic carbocycles. The van der Waals surface area contributed by atoms with Crippen LogP contribution in [-0.4, -0.2) is 88.2 Å². The van der Waals surface area contributed by atoms with Crippen LogP contribution in [0.3, 0.4) is 0 Å². The fourth-order valence-corrected chi connectivity index (χ4v) is 5.82. The number of sulfonamides is 1. The number of aliphatic imine (C=N–C) groups is 1. The van der Waals surface area contributed by atoms with Crippen molar-refractivity contribution in [3.05, 3.63) is 77.9 Å². The van der Waals surface area contributed by atoms with Gasteiger partial charge in [-0.15, -0.1) is 0 Å². The number of benzene rings is 3. The first kappa shape index (κ1) is 29.0. The monoisotopic (exact) mass is 591 g/mol. The van der Waals surface area contributed by atoms with Gasteiger partial charge in [-0.1, -0.05) is 30.3 Å². The van der Waals surface area contributed by atoms with Gasteiger partial charge in [-0.2, -0.15) is 0 Å². The Balaban J connectivity index is 1.54. The zero-order chi connectivity index (χ0) is 29.9. The topological polar surface area (TPSA) is 137 Å². The highest BCUT2D eigenvalue weighted by Crippen LogP contribution is 2.38. The van der Waals surface area contributed by atoms with E-state index in [4.69, 9.17) is 14.5 Å². The Hall–Kier alpha value is -4.55. The van der Waals surface area contributed by atoms with Crippen molar-refractivity contribution in [3.8, 4) is 17.4 Å². The highest BCUT2D eigenvalue weighted by Gasteiger charge is 2.25. The van der Waals surface area contributed by atoms with E-state index in [1.807, 2.05) is 30.3 Å². The first-order valence-corrected chi connectivity index (χ1v) is 15.2. The smallest absolute Gasteiger partial charge is 0.243 e. The van der Waals surface area contributed by atoms with Crippen molar-refractivity contribution in [2.45, 2.75) is 0 Å². The quantitative estimate of drug-likeness (QED) is 0.254. The van der Waals surface area contributed by atoms with Crippen LogP contribution in [0.1, 0.15) is 11.1 Å². The summed E-state index contributed by atoms with van der Waals surface area (Å²) in [5.41, 5.74) is 3.24. The van der Waals surface area contributed by atoms with Gasteiger partial charge in [0.25, 0.3) is 0 Å². The number of H-pyrrole nitrogens is 1. The first-order valence-electron chi connectivity index (χ1n) is 13.4. The summed E-state index contributed by atoms with van der Waals surface area (Å²) in [6.45, 7) is 2.13. The largest absolute Gasteiger partial charge is 0.494 e. The van der Waals surface area contributed by atoms with Gasteiger partial charge in [0.15, 0.2) is 17.4 Å². The lowest BCUT2D eigenvalue weighted by Gasteiger charge is -2.30. The normalized spacial score (nSPS) is 14.2. The van der Waals surface area contributed by atoms with Gasteiger partial charge in [-0.05, 0) is 30.3 Å². The number of amides is 1. The van der Waals surface area contributed by atoms with Gasteiger partial charge >= 0.3 is 0 Å². The summed E-state index contributed by atoms with van der Waals surface area (Å²) in [7, 11) is -0.649. The van der Waals surface area contributed by atoms with E-state index in [0.29, 0.717) is 71.2 Å². The molecule has 42 heavy (non-hydrogen) atoms. The molecule has 3 aromatic carbocycles. The van der Waals surface area contributed by atoms with Crippen molar-refractivity contribution in [2.24, 2.45) is 4.99 Å². The van der Waals surface area contributed by atoms with Gasteiger partial charge in [0.05, 0.1) is 48.6 Å². The van der Waals surface area contributed by atoms with Gasteiger partial charge in [0.2, 0.25) is 15.9 Å². The number of hydrogen-bond acceptors (Lipinski definition) is 8. The molecular formula is C30H33N5O6S. The van der Waals surface area contributed by atoms with Crippen LogP contribution in [0.5, 0.6) is 17.4 Å². The molecule has 0 spiro atoms. The number of ether oxygens (including phenoxy) is 2. The lowest BCUT2D eigenvalue weighted by atomic mass is 10.0. The highest BCUT2D eigenvalue weighted by atomic mass is 32.2. The van der Waals surface area contributed by atoms with E-state index >= 15 is 0 Å². The number of aromatic hydroxyl groups is 1. The number of carbonyl (C=O) groups is 1. The van der Waals surface area contributed by atoms with Crippen molar-refractivity contribution in [1.82, 2.24) is 15.2 Å². The van der Waals surface area contributed by atoms with E-state index in [1.54, 1.807) is 55.5 Å². The third kappa shape index (κ3) is 6.04. The Morgan fingerprint density at radius 1 is 1.00 bits per heavy atom. The van der Waals surface area contributed by atoms with Gasteiger partial charge in [0, 0.05) is 43.2 Å². The molecule has 220 valence electrons. The number of fused-ring (bicyclic) bond motifs is 1. The second kappa shape index (κ2) is 12.1. The number of nitrogens with zero attached hydrogens (tertiary/aromatic N) is 3. The van der Waals surface area contributed by atoms with Crippen molar-refractivity contribution >= 4 is 43.9 Å². The first-order chi connectivity index (χ1) is 20.2. The molecule has 0 atom stereocenters. The van der Waals surface area contributed by atoms with Crippen LogP contribution in [0, 0.1) is 0 Å². The average Bonchev–Trinajstić information content (AvgIpc) is 3.32. The maximum Gasteiger partial charge on any atom is 0.243 e. The molecule has 1 saturated heterocycles. The molecule has 0 bridgehead atoms. The molecule has 11 nitrogen and oxygen atoms in total. The second-order valence-electron chi connectivity index (χ2n) is 9.84. The third-order valence-electron chi connectivity index (χ3n) is 7.09. The van der Waals surface area contributed by atoms with E-state index in [2.05, 4.69) is 10.3 Å². The second-order valence-corrected chi connectivity index (χ2v) is 11.8. The molecule has 4 aromatic rings. The van der Waals surface area contributed by atoms with Crippen LogP contribution in [0.25, 0.3) is 10.9 Å². The number of hydrogen-bond donors (Lipinski definition) is 3. The molecule has 12 heteroatoms. The number of aromatic nitrogens is 1. The molecule has 5 rings (SSSR count). The number of carbonyl (C=O) groups excluding carboxylic acids is 1. The highest BCUT2D eigenvalue weighted by molar-refractivity contribution is 7.92. The molecule has 1 aliphatic rings. The SMILES string of the molecule is COc1cc2[nH]c(O)c(C(=Nc3ccc(N(CC(=O)N4CCNCC4)S(C)(=O)=O)cc3)c3ccccc3)c2cc1OC. The summed E-state index contributed by atoms with van der Waals surface area (Å²) in [5, 5.41) is 14.9. The van der Waals surface area contributed by atoms with E-state index in [-0.39, 0.29) is 18.3 Å². The van der Waals surface area contributed by atoms with Gasteiger partial charge in [-0.3, -0.25) is 9.10 Å². The number of methoxy groups -OCH3 is 2. The van der Waals surface area contributed by atoms with Gasteiger partial charge in [-0.25, -0.2) is 13.4 Å². The Morgan fingerprint density at radius 2 is 1.64 bits per heavy atom. The summed E-state index contributed by atoms with van der Waals surface area (Å²) in [4.78, 5) is 22.4. The fraction of sp³-hybridized carbons (Fsp3) is 0.267. The molecule has 0 unspecified atom stereocenters. The van der Waals surface area contributed by atoms with Crippen molar-refractivity contribution in [3.63, 3.8) is 0 Å². The minimum absolute atomic E-state index is 0.0748. The molecule has 3 N–H and O–H groups in total. The number of nitrogens with one attached hydrogen (secondary N) is 2. The Bertz CT molecular complexity index is 1710. The minimum Gasteiger partial charge on any atom is -0.494 e. The number of piperazine rings is 1. The molecule has 1 fully saturated rings. The Labute approximate surface area is 244 Å². The summed E-state index contributed by atoms with van der Waals surface area (Å²) in [6, 6.07) is 19.6. The number of anilines is 1. The fourth-order valence-electron chi connectivity index (χ4n) is 4.97. The number of aromatic amines is 1. The van der Waals surface area contributed by atoms with Crippen LogP contribution in [-0.2, 0) is 14.8 Å². The Morgan fingerprint density at radius 3 is 2.26 bits per heavy atom. The van der Waals surface area contributed by atoms with E-state index in [1.165, 1.54) is 0 Å². The number of rotatable bonds is 9. The Kier molecular flexibility index (Phi) is 8.36. The average molecular weight is 592 g/mol. The van der Waals surface area contributed by atoms with Crippen LogP contribution in [0.15, 0.2) is 71.7 Å². The zero-order valence-electron chi connectivity index (χ0n) is 23.6. The van der Waals surface area contributed by atoms with Crippen molar-refractivity contribution < 1.29 is 27.8 Å². The van der Waals surface area contributed by atoms with Crippen molar-refractivity contribution in [1.29, 1.82) is 0 Å². The predicted molar refractivity (Wildman–Crippen MR) is 163 cm³/mol. The summed E-state index contributed by atoms with van der Waals surface area (Å²) in [6.07, 6.45) is 1.08. The zero-order valence-corrected chi connectivity index (χ0v) is 24.4. The molecule has 0 saturated carbocycles. The summed E-state index contributed by atoms with van der Waals surface area (Å²) < 4.78 is 37.4.